The van der Waals surface area contributed by atoms with Gasteiger partial charge in [-0.05, 0) is 37.0 Å². The summed E-state index contributed by atoms with van der Waals surface area (Å²) in [6.07, 6.45) is 6.88. The number of nitrogens with zero attached hydrogens (tertiary/aromatic N) is 4. The number of fused-ring (bicyclic) bond motifs is 1. The monoisotopic (exact) mass is 455 g/mol. The number of ether oxygens (including phenoxy) is 2. The predicted octanol–water partition coefficient (Wildman–Crippen LogP) is 3.86. The van der Waals surface area contributed by atoms with E-state index in [-0.39, 0.29) is 12.5 Å². The summed E-state index contributed by atoms with van der Waals surface area (Å²) >= 11 is 1.34. The first-order chi connectivity index (χ1) is 15.6. The minimum Gasteiger partial charge on any atom is -0.480 e. The molecule has 0 saturated carbocycles. The zero-order valence-corrected chi connectivity index (χ0v) is 19.6. The number of rotatable bonds is 7. The number of carbonyl (C=O) groups excluding carboxylic acids is 1. The number of methoxy groups -OCH3 is 2. The fourth-order valence-electron chi connectivity index (χ4n) is 3.97. The van der Waals surface area contributed by atoms with Crippen LogP contribution in [0, 0.1) is 6.92 Å². The molecular formula is C23H29N5O3S. The van der Waals surface area contributed by atoms with Crippen LogP contribution in [0.1, 0.15) is 52.3 Å². The number of hydrogen-bond donors (Lipinski definition) is 1. The number of thiophene rings is 1. The highest BCUT2D eigenvalue weighted by Gasteiger charge is 2.21. The molecule has 1 fully saturated rings. The van der Waals surface area contributed by atoms with E-state index >= 15 is 0 Å². The second kappa shape index (κ2) is 10.2. The molecule has 9 heteroatoms. The quantitative estimate of drug-likeness (QED) is 0.579. The number of pyridine rings is 1. The van der Waals surface area contributed by atoms with Gasteiger partial charge in [0.2, 0.25) is 5.88 Å². The third kappa shape index (κ3) is 4.83. The molecule has 0 bridgehead atoms. The third-order valence-electron chi connectivity index (χ3n) is 5.67. The van der Waals surface area contributed by atoms with Crippen molar-refractivity contribution in [2.75, 3.05) is 32.2 Å². The van der Waals surface area contributed by atoms with Crippen molar-refractivity contribution in [3.05, 3.63) is 40.2 Å². The predicted molar refractivity (Wildman–Crippen MR) is 126 cm³/mol. The van der Waals surface area contributed by atoms with E-state index in [2.05, 4.69) is 31.2 Å². The van der Waals surface area contributed by atoms with E-state index in [0.29, 0.717) is 23.1 Å². The van der Waals surface area contributed by atoms with E-state index in [9.17, 15) is 4.79 Å². The zero-order valence-electron chi connectivity index (χ0n) is 18.8. The van der Waals surface area contributed by atoms with E-state index in [1.165, 1.54) is 37.0 Å². The highest BCUT2D eigenvalue weighted by Crippen LogP contribution is 2.35. The Hall–Kier alpha value is -2.78. The van der Waals surface area contributed by atoms with E-state index < -0.39 is 0 Å². The lowest BCUT2D eigenvalue weighted by atomic mass is 10.2. The average molecular weight is 456 g/mol. The van der Waals surface area contributed by atoms with Gasteiger partial charge >= 0.3 is 0 Å². The number of aryl methyl sites for hydroxylation is 1. The molecule has 0 atom stereocenters. The molecule has 4 heterocycles. The summed E-state index contributed by atoms with van der Waals surface area (Å²) < 4.78 is 10.6. The summed E-state index contributed by atoms with van der Waals surface area (Å²) in [7, 11) is 3.16. The summed E-state index contributed by atoms with van der Waals surface area (Å²) in [6, 6.07) is 4.09. The van der Waals surface area contributed by atoms with E-state index in [4.69, 9.17) is 9.47 Å². The highest BCUT2D eigenvalue weighted by molar-refractivity contribution is 7.20. The lowest BCUT2D eigenvalue weighted by Gasteiger charge is -2.21. The Morgan fingerprint density at radius 3 is 2.59 bits per heavy atom. The molecule has 170 valence electrons. The molecule has 0 spiro atoms. The van der Waals surface area contributed by atoms with Crippen LogP contribution >= 0.6 is 11.3 Å². The van der Waals surface area contributed by atoms with Crippen LogP contribution in [-0.4, -0.2) is 48.2 Å². The van der Waals surface area contributed by atoms with Crippen LogP contribution in [0.3, 0.4) is 0 Å². The minimum atomic E-state index is -0.141. The molecule has 1 aliphatic heterocycles. The largest absolute Gasteiger partial charge is 0.480 e. The summed E-state index contributed by atoms with van der Waals surface area (Å²) in [6.45, 7) is 4.72. The second-order valence-electron chi connectivity index (χ2n) is 7.93. The molecule has 0 radical (unpaired) electrons. The first-order valence-corrected chi connectivity index (χ1v) is 11.7. The first-order valence-electron chi connectivity index (χ1n) is 10.9. The Labute approximate surface area is 192 Å². The highest BCUT2D eigenvalue weighted by atomic mass is 32.1. The smallest absolute Gasteiger partial charge is 0.261 e. The van der Waals surface area contributed by atoms with Crippen molar-refractivity contribution in [3.8, 4) is 5.88 Å². The van der Waals surface area contributed by atoms with E-state index in [1.807, 2.05) is 19.2 Å². The topological polar surface area (TPSA) is 89.5 Å². The van der Waals surface area contributed by atoms with Crippen molar-refractivity contribution < 1.29 is 14.3 Å². The summed E-state index contributed by atoms with van der Waals surface area (Å²) in [5.41, 5.74) is 1.79. The number of carbonyl (C=O) groups is 1. The maximum Gasteiger partial charge on any atom is 0.261 e. The molecule has 0 unspecified atom stereocenters. The lowest BCUT2D eigenvalue weighted by Crippen LogP contribution is -2.25. The molecule has 8 nitrogen and oxygen atoms in total. The number of aromatic nitrogens is 3. The molecule has 1 aliphatic rings. The van der Waals surface area contributed by atoms with Crippen molar-refractivity contribution in [1.82, 2.24) is 20.3 Å². The Kier molecular flexibility index (Phi) is 7.16. The number of amides is 1. The van der Waals surface area contributed by atoms with Crippen LogP contribution in [-0.2, 0) is 17.9 Å². The van der Waals surface area contributed by atoms with Gasteiger partial charge < -0.3 is 19.7 Å². The Balaban J connectivity index is 1.46. The van der Waals surface area contributed by atoms with Crippen LogP contribution in [0.15, 0.2) is 18.3 Å². The van der Waals surface area contributed by atoms with Crippen molar-refractivity contribution in [2.45, 2.75) is 45.8 Å². The van der Waals surface area contributed by atoms with Crippen molar-refractivity contribution in [3.63, 3.8) is 0 Å². The van der Waals surface area contributed by atoms with Gasteiger partial charge in [0.25, 0.3) is 5.91 Å². The van der Waals surface area contributed by atoms with Crippen molar-refractivity contribution in [2.24, 2.45) is 0 Å². The van der Waals surface area contributed by atoms with Gasteiger partial charge in [-0.3, -0.25) is 4.79 Å². The lowest BCUT2D eigenvalue weighted by molar-refractivity contribution is 0.0954. The van der Waals surface area contributed by atoms with E-state index in [1.54, 1.807) is 14.2 Å². The standard InChI is InChI=1S/C23H29N5O3S/c1-15-19-22(31-3)26-17(14-30-2)27-23(19)32-20(15)21(29)25-13-16-8-9-18(24-12-16)28-10-6-4-5-7-11-28/h8-9,12H,4-7,10-11,13-14H2,1-3H3,(H,25,29). The van der Waals surface area contributed by atoms with E-state index in [0.717, 1.165) is 40.3 Å². The van der Waals surface area contributed by atoms with Gasteiger partial charge in [-0.2, -0.15) is 4.98 Å². The van der Waals surface area contributed by atoms with Crippen molar-refractivity contribution >= 4 is 33.3 Å². The fourth-order valence-corrected chi connectivity index (χ4v) is 5.08. The number of hydrogen-bond acceptors (Lipinski definition) is 8. The minimum absolute atomic E-state index is 0.141. The third-order valence-corrected chi connectivity index (χ3v) is 6.85. The molecule has 32 heavy (non-hydrogen) atoms. The van der Waals surface area contributed by atoms with Gasteiger partial charge in [0.15, 0.2) is 5.82 Å². The Bertz CT molecular complexity index is 1080. The van der Waals surface area contributed by atoms with Crippen LogP contribution in [0.5, 0.6) is 5.88 Å². The van der Waals surface area contributed by atoms with Gasteiger partial charge in [-0.25, -0.2) is 9.97 Å². The van der Waals surface area contributed by atoms with Gasteiger partial charge in [0.1, 0.15) is 17.3 Å². The van der Waals surface area contributed by atoms with Crippen LogP contribution in [0.25, 0.3) is 10.2 Å². The molecule has 0 aliphatic carbocycles. The number of anilines is 1. The fraction of sp³-hybridized carbons (Fsp3) is 0.478. The summed E-state index contributed by atoms with van der Waals surface area (Å²) in [5.74, 6) is 1.86. The second-order valence-corrected chi connectivity index (χ2v) is 8.93. The first kappa shape index (κ1) is 22.4. The Morgan fingerprint density at radius 2 is 1.94 bits per heavy atom. The molecule has 1 N–H and O–H groups in total. The Morgan fingerprint density at radius 1 is 1.16 bits per heavy atom. The molecular weight excluding hydrogens is 426 g/mol. The SMILES string of the molecule is COCc1nc(OC)c2c(C)c(C(=O)NCc3ccc(N4CCCCCC4)nc3)sc2n1. The molecule has 1 saturated heterocycles. The van der Waals surface area contributed by atoms with Gasteiger partial charge in [0, 0.05) is 32.9 Å². The zero-order chi connectivity index (χ0) is 22.5. The normalized spacial score (nSPS) is 14.4. The molecule has 0 aromatic carbocycles. The molecule has 3 aromatic heterocycles. The number of nitrogens with one attached hydrogen (secondary N) is 1. The van der Waals surface area contributed by atoms with Gasteiger partial charge in [-0.15, -0.1) is 11.3 Å². The van der Waals surface area contributed by atoms with Crippen LogP contribution in [0.4, 0.5) is 5.82 Å². The summed E-state index contributed by atoms with van der Waals surface area (Å²) in [5, 5.41) is 3.78. The summed E-state index contributed by atoms with van der Waals surface area (Å²) in [4.78, 5) is 30.1. The maximum atomic E-state index is 12.9. The van der Waals surface area contributed by atoms with Gasteiger partial charge in [-0.1, -0.05) is 18.9 Å². The van der Waals surface area contributed by atoms with Gasteiger partial charge in [0.05, 0.1) is 17.4 Å². The molecule has 3 aromatic rings. The van der Waals surface area contributed by atoms with Crippen LogP contribution < -0.4 is 15.0 Å². The van der Waals surface area contributed by atoms with Crippen LogP contribution in [0.2, 0.25) is 0 Å². The molecule has 4 rings (SSSR count). The average Bonchev–Trinajstić information content (AvgIpc) is 2.97. The maximum absolute atomic E-state index is 12.9. The van der Waals surface area contributed by atoms with Crippen molar-refractivity contribution in [1.29, 1.82) is 0 Å². The molecule has 1 amide bonds.